The Hall–Kier alpha value is -2.32. The lowest BCUT2D eigenvalue weighted by molar-refractivity contribution is -0.118. The van der Waals surface area contributed by atoms with E-state index >= 15 is 0 Å². The summed E-state index contributed by atoms with van der Waals surface area (Å²) >= 11 is 0. The number of aryl methyl sites for hydroxylation is 3. The van der Waals surface area contributed by atoms with Crippen molar-refractivity contribution in [3.63, 3.8) is 0 Å². The molecular weight excluding hydrogens is 356 g/mol. The van der Waals surface area contributed by atoms with E-state index in [0.29, 0.717) is 24.4 Å². The zero-order chi connectivity index (χ0) is 20.1. The Morgan fingerprint density at radius 1 is 1.14 bits per heavy atom. The standard InChI is InChI=1S/C20H30N6O2/c1-14-11-15(2)22-20(21-14)26-18(12-16(3)24-26)23-19(28)13-25(9-10-27)17-7-5-4-6-8-17/h11-12,17,27H,4-10,13H2,1-3H3,(H,23,28). The third-order valence-electron chi connectivity index (χ3n) is 5.08. The van der Waals surface area contributed by atoms with Crippen LogP contribution < -0.4 is 5.32 Å². The third-order valence-corrected chi connectivity index (χ3v) is 5.08. The number of nitrogens with zero attached hydrogens (tertiary/aromatic N) is 5. The minimum absolute atomic E-state index is 0.0528. The van der Waals surface area contributed by atoms with Gasteiger partial charge in [0.25, 0.3) is 5.95 Å². The molecule has 3 rings (SSSR count). The zero-order valence-electron chi connectivity index (χ0n) is 17.0. The van der Waals surface area contributed by atoms with Crippen LogP contribution in [0.3, 0.4) is 0 Å². The molecule has 0 atom stereocenters. The minimum Gasteiger partial charge on any atom is -0.395 e. The van der Waals surface area contributed by atoms with Gasteiger partial charge in [-0.2, -0.15) is 9.78 Å². The van der Waals surface area contributed by atoms with E-state index in [9.17, 15) is 9.90 Å². The lowest BCUT2D eigenvalue weighted by atomic mass is 9.94. The lowest BCUT2D eigenvalue weighted by Crippen LogP contribution is -2.43. The Kier molecular flexibility index (Phi) is 6.74. The van der Waals surface area contributed by atoms with Crippen LogP contribution in [0.1, 0.15) is 49.2 Å². The van der Waals surface area contributed by atoms with Gasteiger partial charge in [0.15, 0.2) is 0 Å². The summed E-state index contributed by atoms with van der Waals surface area (Å²) in [6.07, 6.45) is 5.79. The predicted octanol–water partition coefficient (Wildman–Crippen LogP) is 2.15. The average Bonchev–Trinajstić information content (AvgIpc) is 3.01. The van der Waals surface area contributed by atoms with Crippen LogP contribution in [0.2, 0.25) is 0 Å². The average molecular weight is 387 g/mol. The Labute approximate surface area is 166 Å². The number of anilines is 1. The van der Waals surface area contributed by atoms with Crippen molar-refractivity contribution >= 4 is 11.7 Å². The Balaban J connectivity index is 1.74. The highest BCUT2D eigenvalue weighted by atomic mass is 16.3. The summed E-state index contributed by atoms with van der Waals surface area (Å²) in [6, 6.07) is 4.08. The van der Waals surface area contributed by atoms with Gasteiger partial charge in [0.2, 0.25) is 5.91 Å². The fourth-order valence-corrected chi connectivity index (χ4v) is 3.88. The van der Waals surface area contributed by atoms with Crippen molar-refractivity contribution in [2.45, 2.75) is 58.9 Å². The molecule has 1 aliphatic rings. The number of aliphatic hydroxyl groups excluding tert-OH is 1. The lowest BCUT2D eigenvalue weighted by Gasteiger charge is -2.33. The van der Waals surface area contributed by atoms with Gasteiger partial charge in [-0.1, -0.05) is 19.3 Å². The molecule has 2 aromatic rings. The molecule has 2 heterocycles. The molecule has 0 saturated heterocycles. The maximum absolute atomic E-state index is 12.8. The molecule has 8 heteroatoms. The molecule has 1 amide bonds. The van der Waals surface area contributed by atoms with Crippen molar-refractivity contribution < 1.29 is 9.90 Å². The number of rotatable bonds is 7. The van der Waals surface area contributed by atoms with Crippen LogP contribution >= 0.6 is 0 Å². The SMILES string of the molecule is Cc1cc(C)nc(-n2nc(C)cc2NC(=O)CN(CCO)C2CCCCC2)n1. The molecule has 1 fully saturated rings. The second kappa shape index (κ2) is 9.25. The van der Waals surface area contributed by atoms with Crippen LogP contribution in [0.25, 0.3) is 5.95 Å². The van der Waals surface area contributed by atoms with Gasteiger partial charge in [-0.15, -0.1) is 0 Å². The van der Waals surface area contributed by atoms with Crippen LogP contribution in [0.4, 0.5) is 5.82 Å². The first-order chi connectivity index (χ1) is 13.5. The first kappa shape index (κ1) is 20.4. The van der Waals surface area contributed by atoms with Crippen molar-refractivity contribution in [1.29, 1.82) is 0 Å². The summed E-state index contributed by atoms with van der Waals surface area (Å²) in [5.74, 6) is 0.880. The van der Waals surface area contributed by atoms with Gasteiger partial charge in [-0.05, 0) is 39.7 Å². The highest BCUT2D eigenvalue weighted by Crippen LogP contribution is 2.22. The summed E-state index contributed by atoms with van der Waals surface area (Å²) in [6.45, 7) is 6.50. The van der Waals surface area contributed by atoms with Crippen LogP contribution in [0.15, 0.2) is 12.1 Å². The monoisotopic (exact) mass is 386 g/mol. The number of hydrogen-bond donors (Lipinski definition) is 2. The summed E-state index contributed by atoms with van der Waals surface area (Å²) in [5.41, 5.74) is 2.47. The number of carbonyl (C=O) groups excluding carboxylic acids is 1. The smallest absolute Gasteiger partial charge is 0.252 e. The van der Waals surface area contributed by atoms with Gasteiger partial charge in [0.1, 0.15) is 5.82 Å². The predicted molar refractivity (Wildman–Crippen MR) is 108 cm³/mol. The van der Waals surface area contributed by atoms with Gasteiger partial charge in [0.05, 0.1) is 18.8 Å². The molecule has 152 valence electrons. The van der Waals surface area contributed by atoms with Gasteiger partial charge in [-0.25, -0.2) is 9.97 Å². The Bertz CT molecular complexity index is 793. The summed E-state index contributed by atoms with van der Waals surface area (Å²) in [7, 11) is 0. The van der Waals surface area contributed by atoms with E-state index in [1.165, 1.54) is 19.3 Å². The molecule has 0 aliphatic heterocycles. The molecule has 0 aromatic carbocycles. The van der Waals surface area contributed by atoms with Gasteiger partial charge >= 0.3 is 0 Å². The van der Waals surface area contributed by atoms with Gasteiger partial charge in [-0.3, -0.25) is 9.69 Å². The van der Waals surface area contributed by atoms with E-state index < -0.39 is 0 Å². The first-order valence-corrected chi connectivity index (χ1v) is 10.0. The van der Waals surface area contributed by atoms with E-state index in [0.717, 1.165) is 29.9 Å². The molecule has 0 bridgehead atoms. The van der Waals surface area contributed by atoms with E-state index in [2.05, 4.69) is 25.3 Å². The summed E-state index contributed by atoms with van der Waals surface area (Å²) < 4.78 is 1.57. The quantitative estimate of drug-likeness (QED) is 0.757. The molecule has 0 spiro atoms. The van der Waals surface area contributed by atoms with Crippen LogP contribution in [0.5, 0.6) is 0 Å². The Morgan fingerprint density at radius 2 is 1.82 bits per heavy atom. The molecule has 1 aliphatic carbocycles. The second-order valence-corrected chi connectivity index (χ2v) is 7.57. The topological polar surface area (TPSA) is 96.2 Å². The van der Waals surface area contributed by atoms with Crippen molar-refractivity contribution in [3.8, 4) is 5.95 Å². The molecule has 8 nitrogen and oxygen atoms in total. The molecular formula is C20H30N6O2. The van der Waals surface area contributed by atoms with Crippen LogP contribution in [-0.4, -0.2) is 61.4 Å². The van der Waals surface area contributed by atoms with E-state index in [1.54, 1.807) is 4.68 Å². The number of hydrogen-bond acceptors (Lipinski definition) is 6. The van der Waals surface area contributed by atoms with Gasteiger partial charge < -0.3 is 10.4 Å². The molecule has 2 aromatic heterocycles. The minimum atomic E-state index is -0.121. The van der Waals surface area contributed by atoms with Crippen LogP contribution in [-0.2, 0) is 4.79 Å². The largest absolute Gasteiger partial charge is 0.395 e. The third kappa shape index (κ3) is 5.14. The number of aliphatic hydroxyl groups is 1. The zero-order valence-corrected chi connectivity index (χ0v) is 17.0. The van der Waals surface area contributed by atoms with Gasteiger partial charge in [0, 0.05) is 30.0 Å². The highest BCUT2D eigenvalue weighted by Gasteiger charge is 2.23. The Morgan fingerprint density at radius 3 is 2.46 bits per heavy atom. The fourth-order valence-electron chi connectivity index (χ4n) is 3.88. The number of nitrogens with one attached hydrogen (secondary N) is 1. The summed E-state index contributed by atoms with van der Waals surface area (Å²) in [4.78, 5) is 23.7. The van der Waals surface area contributed by atoms with Crippen molar-refractivity contribution in [3.05, 3.63) is 29.2 Å². The maximum Gasteiger partial charge on any atom is 0.252 e. The van der Waals surface area contributed by atoms with Crippen molar-refractivity contribution in [1.82, 2.24) is 24.6 Å². The number of amides is 1. The molecule has 0 radical (unpaired) electrons. The summed E-state index contributed by atoms with van der Waals surface area (Å²) in [5, 5.41) is 16.8. The molecule has 1 saturated carbocycles. The first-order valence-electron chi connectivity index (χ1n) is 10.0. The molecule has 0 unspecified atom stereocenters. The normalized spacial score (nSPS) is 15.2. The highest BCUT2D eigenvalue weighted by molar-refractivity contribution is 5.91. The van der Waals surface area contributed by atoms with Crippen molar-refractivity contribution in [2.75, 3.05) is 25.0 Å². The van der Waals surface area contributed by atoms with E-state index in [1.807, 2.05) is 32.9 Å². The number of carbonyl (C=O) groups is 1. The van der Waals surface area contributed by atoms with Crippen molar-refractivity contribution in [2.24, 2.45) is 0 Å². The molecule has 2 N–H and O–H groups in total. The van der Waals surface area contributed by atoms with Crippen LogP contribution in [0, 0.1) is 20.8 Å². The van der Waals surface area contributed by atoms with E-state index in [4.69, 9.17) is 0 Å². The van der Waals surface area contributed by atoms with E-state index in [-0.39, 0.29) is 19.1 Å². The second-order valence-electron chi connectivity index (χ2n) is 7.57. The molecule has 28 heavy (non-hydrogen) atoms. The maximum atomic E-state index is 12.8. The fraction of sp³-hybridized carbons (Fsp3) is 0.600. The number of aromatic nitrogens is 4.